The first kappa shape index (κ1) is 17.2. The minimum absolute atomic E-state index is 0.552. The fourth-order valence-corrected chi connectivity index (χ4v) is 3.95. The summed E-state index contributed by atoms with van der Waals surface area (Å²) < 4.78 is 1.29. The molecule has 0 aliphatic heterocycles. The SMILES string of the molecule is CCCCCCCC(NCCC)c1cc(C)c(Br)s1. The Morgan fingerprint density at radius 1 is 1.16 bits per heavy atom. The van der Waals surface area contributed by atoms with Gasteiger partial charge in [-0.2, -0.15) is 0 Å². The highest BCUT2D eigenvalue weighted by atomic mass is 79.9. The third-order valence-electron chi connectivity index (χ3n) is 3.46. The van der Waals surface area contributed by atoms with Gasteiger partial charge >= 0.3 is 0 Å². The molecule has 1 unspecified atom stereocenters. The zero-order valence-electron chi connectivity index (χ0n) is 12.6. The van der Waals surface area contributed by atoms with Crippen molar-refractivity contribution in [3.05, 3.63) is 20.3 Å². The first-order valence-corrected chi connectivity index (χ1v) is 9.29. The Balaban J connectivity index is 2.46. The molecule has 1 atom stereocenters. The maximum absolute atomic E-state index is 3.71. The molecular weight excluding hydrogens is 318 g/mol. The molecule has 0 aromatic carbocycles. The number of hydrogen-bond donors (Lipinski definition) is 1. The molecule has 19 heavy (non-hydrogen) atoms. The van der Waals surface area contributed by atoms with Crippen LogP contribution in [0.1, 0.15) is 75.3 Å². The summed E-state index contributed by atoms with van der Waals surface area (Å²) in [6.45, 7) is 7.81. The molecular formula is C16H28BrNS. The zero-order valence-corrected chi connectivity index (χ0v) is 15.0. The molecule has 0 spiro atoms. The van der Waals surface area contributed by atoms with Crippen LogP contribution in [0.3, 0.4) is 0 Å². The van der Waals surface area contributed by atoms with E-state index < -0.39 is 0 Å². The second-order valence-corrected chi connectivity index (χ2v) is 7.72. The largest absolute Gasteiger partial charge is 0.309 e. The van der Waals surface area contributed by atoms with Gasteiger partial charge in [0.15, 0.2) is 0 Å². The summed E-state index contributed by atoms with van der Waals surface area (Å²) in [5.41, 5.74) is 1.37. The molecule has 0 amide bonds. The summed E-state index contributed by atoms with van der Waals surface area (Å²) in [5, 5.41) is 3.71. The number of nitrogens with one attached hydrogen (secondary N) is 1. The topological polar surface area (TPSA) is 12.0 Å². The van der Waals surface area contributed by atoms with Gasteiger partial charge in [-0.25, -0.2) is 0 Å². The summed E-state index contributed by atoms with van der Waals surface area (Å²) in [6.07, 6.45) is 9.31. The highest BCUT2D eigenvalue weighted by Crippen LogP contribution is 2.33. The predicted molar refractivity (Wildman–Crippen MR) is 91.2 cm³/mol. The van der Waals surface area contributed by atoms with Crippen molar-refractivity contribution in [2.24, 2.45) is 0 Å². The van der Waals surface area contributed by atoms with Crippen LogP contribution < -0.4 is 5.32 Å². The minimum atomic E-state index is 0.552. The molecule has 3 heteroatoms. The van der Waals surface area contributed by atoms with Gasteiger partial charge in [0.05, 0.1) is 3.79 Å². The Kier molecular flexibility index (Phi) is 9.01. The molecule has 1 rings (SSSR count). The Morgan fingerprint density at radius 2 is 1.89 bits per heavy atom. The van der Waals surface area contributed by atoms with Crippen molar-refractivity contribution in [1.82, 2.24) is 5.32 Å². The van der Waals surface area contributed by atoms with Gasteiger partial charge in [-0.15, -0.1) is 11.3 Å². The predicted octanol–water partition coefficient (Wildman–Crippen LogP) is 6.22. The lowest BCUT2D eigenvalue weighted by Crippen LogP contribution is -2.21. The lowest BCUT2D eigenvalue weighted by Gasteiger charge is -2.17. The van der Waals surface area contributed by atoms with Gasteiger partial charge in [0, 0.05) is 10.9 Å². The highest BCUT2D eigenvalue weighted by Gasteiger charge is 2.14. The van der Waals surface area contributed by atoms with Crippen molar-refractivity contribution in [2.75, 3.05) is 6.54 Å². The molecule has 0 saturated carbocycles. The summed E-state index contributed by atoms with van der Waals surface area (Å²) in [7, 11) is 0. The van der Waals surface area contributed by atoms with Gasteiger partial charge in [-0.3, -0.25) is 0 Å². The van der Waals surface area contributed by atoms with E-state index in [-0.39, 0.29) is 0 Å². The molecule has 0 fully saturated rings. The lowest BCUT2D eigenvalue weighted by atomic mass is 10.0. The Morgan fingerprint density at radius 3 is 2.47 bits per heavy atom. The first-order chi connectivity index (χ1) is 9.19. The molecule has 1 aromatic heterocycles. The van der Waals surface area contributed by atoms with E-state index in [2.05, 4.69) is 48.1 Å². The van der Waals surface area contributed by atoms with Gasteiger partial charge in [0.2, 0.25) is 0 Å². The summed E-state index contributed by atoms with van der Waals surface area (Å²) in [5.74, 6) is 0. The zero-order chi connectivity index (χ0) is 14.1. The standard InChI is InChI=1S/C16H28BrNS/c1-4-6-7-8-9-10-14(18-11-5-2)15-12-13(3)16(17)19-15/h12,14,18H,4-11H2,1-3H3. The van der Waals surface area contributed by atoms with Crippen molar-refractivity contribution < 1.29 is 0 Å². The molecule has 1 nitrogen and oxygen atoms in total. The van der Waals surface area contributed by atoms with E-state index in [1.54, 1.807) is 0 Å². The van der Waals surface area contributed by atoms with Crippen LogP contribution in [0.2, 0.25) is 0 Å². The Labute approximate surface area is 131 Å². The fourth-order valence-electron chi connectivity index (χ4n) is 2.27. The fraction of sp³-hybridized carbons (Fsp3) is 0.750. The lowest BCUT2D eigenvalue weighted by molar-refractivity contribution is 0.473. The average molecular weight is 346 g/mol. The van der Waals surface area contributed by atoms with Crippen LogP contribution in [-0.4, -0.2) is 6.54 Å². The van der Waals surface area contributed by atoms with E-state index in [1.807, 2.05) is 11.3 Å². The van der Waals surface area contributed by atoms with Crippen LogP contribution in [0.5, 0.6) is 0 Å². The maximum Gasteiger partial charge on any atom is 0.0731 e. The number of thiophene rings is 1. The molecule has 0 radical (unpaired) electrons. The molecule has 0 aliphatic rings. The minimum Gasteiger partial charge on any atom is -0.309 e. The molecule has 1 N–H and O–H groups in total. The number of rotatable bonds is 10. The van der Waals surface area contributed by atoms with Gasteiger partial charge in [-0.1, -0.05) is 46.0 Å². The molecule has 1 aromatic rings. The third kappa shape index (κ3) is 6.42. The second-order valence-electron chi connectivity index (χ2n) is 5.32. The van der Waals surface area contributed by atoms with Gasteiger partial charge < -0.3 is 5.32 Å². The van der Waals surface area contributed by atoms with Crippen LogP contribution in [0.15, 0.2) is 9.85 Å². The number of unbranched alkanes of at least 4 members (excludes halogenated alkanes) is 4. The molecule has 0 aliphatic carbocycles. The van der Waals surface area contributed by atoms with Crippen molar-refractivity contribution in [3.63, 3.8) is 0 Å². The molecule has 1 heterocycles. The van der Waals surface area contributed by atoms with Gasteiger partial charge in [0.1, 0.15) is 0 Å². The van der Waals surface area contributed by atoms with E-state index in [0.29, 0.717) is 6.04 Å². The highest BCUT2D eigenvalue weighted by molar-refractivity contribution is 9.11. The van der Waals surface area contributed by atoms with Crippen LogP contribution >= 0.6 is 27.3 Å². The first-order valence-electron chi connectivity index (χ1n) is 7.68. The summed E-state index contributed by atoms with van der Waals surface area (Å²) in [6, 6.07) is 2.89. The van der Waals surface area contributed by atoms with Crippen LogP contribution in [-0.2, 0) is 0 Å². The number of hydrogen-bond acceptors (Lipinski definition) is 2. The maximum atomic E-state index is 3.71. The van der Waals surface area contributed by atoms with E-state index >= 15 is 0 Å². The number of halogens is 1. The summed E-state index contributed by atoms with van der Waals surface area (Å²) in [4.78, 5) is 1.49. The van der Waals surface area contributed by atoms with Gasteiger partial charge in [-0.05, 0) is 53.9 Å². The van der Waals surface area contributed by atoms with E-state index in [1.165, 1.54) is 59.2 Å². The monoisotopic (exact) mass is 345 g/mol. The average Bonchev–Trinajstić information content (AvgIpc) is 2.73. The second kappa shape index (κ2) is 9.95. The van der Waals surface area contributed by atoms with Gasteiger partial charge in [0.25, 0.3) is 0 Å². The van der Waals surface area contributed by atoms with E-state index in [0.717, 1.165) is 6.54 Å². The quantitative estimate of drug-likeness (QED) is 0.496. The van der Waals surface area contributed by atoms with Crippen molar-refractivity contribution in [1.29, 1.82) is 0 Å². The molecule has 0 bridgehead atoms. The Hall–Kier alpha value is 0.140. The van der Waals surface area contributed by atoms with Crippen molar-refractivity contribution >= 4 is 27.3 Å². The van der Waals surface area contributed by atoms with Crippen LogP contribution in [0.4, 0.5) is 0 Å². The normalized spacial score (nSPS) is 12.8. The summed E-state index contributed by atoms with van der Waals surface area (Å²) >= 11 is 5.54. The van der Waals surface area contributed by atoms with Crippen molar-refractivity contribution in [3.8, 4) is 0 Å². The van der Waals surface area contributed by atoms with E-state index in [9.17, 15) is 0 Å². The smallest absolute Gasteiger partial charge is 0.0731 e. The third-order valence-corrected chi connectivity index (χ3v) is 5.71. The van der Waals surface area contributed by atoms with Crippen molar-refractivity contribution in [2.45, 2.75) is 71.8 Å². The number of aryl methyl sites for hydroxylation is 1. The van der Waals surface area contributed by atoms with Crippen LogP contribution in [0, 0.1) is 6.92 Å². The molecule has 0 saturated heterocycles. The molecule has 110 valence electrons. The Bertz CT molecular complexity index is 329. The van der Waals surface area contributed by atoms with E-state index in [4.69, 9.17) is 0 Å². The van der Waals surface area contributed by atoms with Crippen LogP contribution in [0.25, 0.3) is 0 Å².